The topological polar surface area (TPSA) is 98.8 Å². The van der Waals surface area contributed by atoms with Crippen LogP contribution >= 0.6 is 11.3 Å². The molecule has 0 spiro atoms. The third kappa shape index (κ3) is 3.85. The Morgan fingerprint density at radius 1 is 1.04 bits per heavy atom. The fourth-order valence-corrected chi connectivity index (χ4v) is 5.47. The molecule has 0 unspecified atom stereocenters. The predicted molar refractivity (Wildman–Crippen MR) is 106 cm³/mol. The van der Waals surface area contributed by atoms with Crippen LogP contribution in [0.15, 0.2) is 53.4 Å². The molecule has 0 aliphatic carbocycles. The number of rotatable bonds is 6. The zero-order valence-corrected chi connectivity index (χ0v) is 16.7. The minimum Gasteiger partial charge on any atom is -0.465 e. The molecule has 0 saturated carbocycles. The van der Waals surface area contributed by atoms with Crippen molar-refractivity contribution in [2.24, 2.45) is 0 Å². The van der Waals surface area contributed by atoms with E-state index in [1.807, 2.05) is 0 Å². The highest BCUT2D eigenvalue weighted by Gasteiger charge is 2.29. The summed E-state index contributed by atoms with van der Waals surface area (Å²) in [6.07, 6.45) is 0. The van der Waals surface area contributed by atoms with Gasteiger partial charge in [-0.05, 0) is 37.3 Å². The quantitative estimate of drug-likeness (QED) is 0.612. The van der Waals surface area contributed by atoms with Crippen LogP contribution in [-0.4, -0.2) is 34.1 Å². The lowest BCUT2D eigenvalue weighted by Crippen LogP contribution is -2.16. The van der Waals surface area contributed by atoms with E-state index in [2.05, 4.69) is 9.46 Å². The van der Waals surface area contributed by atoms with E-state index in [1.54, 1.807) is 31.2 Å². The minimum atomic E-state index is -4.09. The lowest BCUT2D eigenvalue weighted by atomic mass is 10.2. The number of hydrogen-bond acceptors (Lipinski definition) is 7. The zero-order valence-electron chi connectivity index (χ0n) is 15.1. The highest BCUT2D eigenvalue weighted by atomic mass is 32.2. The molecule has 0 fully saturated rings. The van der Waals surface area contributed by atoms with Gasteiger partial charge in [-0.2, -0.15) is 0 Å². The van der Waals surface area contributed by atoms with E-state index in [-0.39, 0.29) is 22.1 Å². The maximum Gasteiger partial charge on any atom is 0.349 e. The van der Waals surface area contributed by atoms with Crippen molar-refractivity contribution < 1.29 is 27.5 Å². The van der Waals surface area contributed by atoms with Gasteiger partial charge in [0.05, 0.1) is 19.3 Å². The van der Waals surface area contributed by atoms with Crippen LogP contribution in [0.3, 0.4) is 0 Å². The van der Waals surface area contributed by atoms with Gasteiger partial charge in [0.15, 0.2) is 0 Å². The van der Waals surface area contributed by atoms with E-state index in [0.717, 1.165) is 11.3 Å². The first-order valence-corrected chi connectivity index (χ1v) is 10.6. The largest absolute Gasteiger partial charge is 0.465 e. The molecule has 3 aromatic rings. The number of nitrogens with one attached hydrogen (secondary N) is 1. The summed E-state index contributed by atoms with van der Waals surface area (Å²) in [6.45, 7) is 1.79. The van der Waals surface area contributed by atoms with Crippen LogP contribution in [0, 0.1) is 0 Å². The van der Waals surface area contributed by atoms with Gasteiger partial charge in [-0.15, -0.1) is 11.3 Å². The third-order valence-electron chi connectivity index (χ3n) is 3.84. The summed E-state index contributed by atoms with van der Waals surface area (Å²) < 4.78 is 38.9. The van der Waals surface area contributed by atoms with Crippen LogP contribution in [0.25, 0.3) is 10.1 Å². The molecule has 0 saturated heterocycles. The number of carbonyl (C=O) groups is 2. The van der Waals surface area contributed by atoms with Crippen LogP contribution in [0.5, 0.6) is 0 Å². The monoisotopic (exact) mass is 419 g/mol. The summed E-state index contributed by atoms with van der Waals surface area (Å²) in [4.78, 5) is 23.7. The van der Waals surface area contributed by atoms with Crippen molar-refractivity contribution in [1.29, 1.82) is 0 Å². The Bertz CT molecular complexity index is 1130. The number of sulfonamides is 1. The number of esters is 2. The van der Waals surface area contributed by atoms with Crippen LogP contribution < -0.4 is 4.72 Å². The average Bonchev–Trinajstić information content (AvgIpc) is 3.08. The first kappa shape index (κ1) is 19.8. The van der Waals surface area contributed by atoms with Crippen LogP contribution in [-0.2, 0) is 19.5 Å². The first-order valence-electron chi connectivity index (χ1n) is 8.27. The molecule has 1 heterocycles. The molecule has 2 aromatic carbocycles. The van der Waals surface area contributed by atoms with Gasteiger partial charge in [-0.3, -0.25) is 4.72 Å². The Kier molecular flexibility index (Phi) is 5.66. The van der Waals surface area contributed by atoms with Gasteiger partial charge in [0, 0.05) is 15.8 Å². The van der Waals surface area contributed by atoms with E-state index in [0.29, 0.717) is 15.6 Å². The van der Waals surface area contributed by atoms with E-state index < -0.39 is 22.0 Å². The third-order valence-corrected chi connectivity index (χ3v) is 6.58. The molecule has 0 aliphatic heterocycles. The number of ether oxygens (including phenoxy) is 2. The maximum atomic E-state index is 13.1. The number of fused-ring (bicyclic) bond motifs is 1. The molecule has 0 atom stereocenters. The second-order valence-corrected chi connectivity index (χ2v) is 8.32. The highest BCUT2D eigenvalue weighted by Crippen LogP contribution is 2.36. The maximum absolute atomic E-state index is 13.1. The molecule has 146 valence electrons. The fraction of sp³-hybridized carbons (Fsp3) is 0.158. The Morgan fingerprint density at radius 2 is 1.71 bits per heavy atom. The normalized spacial score (nSPS) is 11.2. The summed E-state index contributed by atoms with van der Waals surface area (Å²) in [6, 6.07) is 12.6. The average molecular weight is 419 g/mol. The summed E-state index contributed by atoms with van der Waals surface area (Å²) in [5.74, 6) is -1.21. The molecule has 0 aliphatic rings. The molecule has 0 radical (unpaired) electrons. The van der Waals surface area contributed by atoms with Gasteiger partial charge < -0.3 is 9.47 Å². The summed E-state index contributed by atoms with van der Waals surface area (Å²) in [7, 11) is -2.82. The van der Waals surface area contributed by atoms with E-state index in [1.165, 1.54) is 31.4 Å². The van der Waals surface area contributed by atoms with Crippen molar-refractivity contribution in [2.75, 3.05) is 18.4 Å². The fourth-order valence-electron chi connectivity index (χ4n) is 2.62. The lowest BCUT2D eigenvalue weighted by Gasteiger charge is -2.10. The molecule has 1 N–H and O–H groups in total. The van der Waals surface area contributed by atoms with Gasteiger partial charge in [-0.1, -0.05) is 18.2 Å². The number of methoxy groups -OCH3 is 1. The van der Waals surface area contributed by atoms with Crippen LogP contribution in [0.2, 0.25) is 0 Å². The van der Waals surface area contributed by atoms with E-state index in [4.69, 9.17) is 4.74 Å². The van der Waals surface area contributed by atoms with Gasteiger partial charge in [-0.25, -0.2) is 18.0 Å². The smallest absolute Gasteiger partial charge is 0.349 e. The number of carbonyl (C=O) groups excluding carboxylic acids is 2. The van der Waals surface area contributed by atoms with Crippen molar-refractivity contribution in [3.63, 3.8) is 0 Å². The van der Waals surface area contributed by atoms with Gasteiger partial charge in [0.25, 0.3) is 10.0 Å². The SMILES string of the molecule is CCOC(=O)c1sc2ccccc2c1S(=O)(=O)Nc1ccc(C(=O)OC)cc1. The van der Waals surface area contributed by atoms with Gasteiger partial charge >= 0.3 is 11.9 Å². The summed E-state index contributed by atoms with van der Waals surface area (Å²) >= 11 is 1.06. The molecule has 3 rings (SSSR count). The molecule has 9 heteroatoms. The second-order valence-electron chi connectivity index (χ2n) is 5.65. The predicted octanol–water partition coefficient (Wildman–Crippen LogP) is 3.67. The molecular weight excluding hydrogens is 402 g/mol. The number of anilines is 1. The van der Waals surface area contributed by atoms with Crippen LogP contribution in [0.4, 0.5) is 5.69 Å². The van der Waals surface area contributed by atoms with Crippen molar-refractivity contribution in [3.05, 3.63) is 59.0 Å². The Balaban J connectivity index is 2.03. The molecule has 0 amide bonds. The zero-order chi connectivity index (χ0) is 20.3. The van der Waals surface area contributed by atoms with Crippen molar-refractivity contribution in [2.45, 2.75) is 11.8 Å². The molecule has 1 aromatic heterocycles. The van der Waals surface area contributed by atoms with Crippen LogP contribution in [0.1, 0.15) is 27.0 Å². The molecular formula is C19H17NO6S2. The van der Waals surface area contributed by atoms with Crippen molar-refractivity contribution >= 4 is 49.1 Å². The lowest BCUT2D eigenvalue weighted by molar-refractivity contribution is 0.0527. The van der Waals surface area contributed by atoms with Crippen molar-refractivity contribution in [1.82, 2.24) is 0 Å². The van der Waals surface area contributed by atoms with Gasteiger partial charge in [0.1, 0.15) is 9.77 Å². The molecule has 7 nitrogen and oxygen atoms in total. The Hall–Kier alpha value is -2.91. The summed E-state index contributed by atoms with van der Waals surface area (Å²) in [5, 5.41) is 0.439. The van der Waals surface area contributed by atoms with E-state index >= 15 is 0 Å². The Morgan fingerprint density at radius 3 is 2.36 bits per heavy atom. The number of hydrogen-bond donors (Lipinski definition) is 1. The molecule has 28 heavy (non-hydrogen) atoms. The first-order chi connectivity index (χ1) is 13.4. The minimum absolute atomic E-state index is 0.0155. The second kappa shape index (κ2) is 7.99. The van der Waals surface area contributed by atoms with E-state index in [9.17, 15) is 18.0 Å². The number of thiophene rings is 1. The van der Waals surface area contributed by atoms with Gasteiger partial charge in [0.2, 0.25) is 0 Å². The Labute approximate surface area is 165 Å². The molecule has 0 bridgehead atoms. The summed E-state index contributed by atoms with van der Waals surface area (Å²) in [5.41, 5.74) is 0.538. The number of benzene rings is 2. The standard InChI is InChI=1S/C19H17NO6S2/c1-3-26-19(22)16-17(14-6-4-5-7-15(14)27-16)28(23,24)20-13-10-8-12(9-11-13)18(21)25-2/h4-11,20H,3H2,1-2H3. The highest BCUT2D eigenvalue weighted by molar-refractivity contribution is 7.93. The van der Waals surface area contributed by atoms with Crippen molar-refractivity contribution in [3.8, 4) is 0 Å².